The van der Waals surface area contributed by atoms with Gasteiger partial charge in [-0.3, -0.25) is 0 Å². The average molecular weight is 200 g/mol. The van der Waals surface area contributed by atoms with Crippen LogP contribution in [0, 0.1) is 0 Å². The third-order valence-electron chi connectivity index (χ3n) is 2.91. The Labute approximate surface area is 88.0 Å². The molecule has 0 bridgehead atoms. The third kappa shape index (κ3) is 4.94. The normalized spacial score (nSPS) is 18.2. The van der Waals surface area contributed by atoms with Crippen molar-refractivity contribution in [2.75, 3.05) is 53.0 Å². The molecule has 1 aliphatic rings. The number of hydrogen-bond donors (Lipinski definition) is 0. The highest BCUT2D eigenvalue weighted by molar-refractivity contribution is 4.65. The first-order valence-electron chi connectivity index (χ1n) is 5.81. The Morgan fingerprint density at radius 2 is 1.93 bits per heavy atom. The Morgan fingerprint density at radius 3 is 2.57 bits per heavy atom. The second-order valence-corrected chi connectivity index (χ2v) is 4.06. The van der Waals surface area contributed by atoms with E-state index in [4.69, 9.17) is 4.74 Å². The molecule has 0 aromatic rings. The van der Waals surface area contributed by atoms with Crippen LogP contribution in [0.15, 0.2) is 0 Å². The second-order valence-electron chi connectivity index (χ2n) is 4.06. The molecule has 3 nitrogen and oxygen atoms in total. The van der Waals surface area contributed by atoms with Crippen molar-refractivity contribution in [1.82, 2.24) is 9.80 Å². The van der Waals surface area contributed by atoms with Crippen LogP contribution in [0.4, 0.5) is 0 Å². The first-order valence-corrected chi connectivity index (χ1v) is 5.81. The maximum absolute atomic E-state index is 5.58. The van der Waals surface area contributed by atoms with Gasteiger partial charge in [-0.2, -0.15) is 0 Å². The van der Waals surface area contributed by atoms with Gasteiger partial charge >= 0.3 is 0 Å². The van der Waals surface area contributed by atoms with Crippen molar-refractivity contribution in [3.8, 4) is 0 Å². The highest BCUT2D eigenvalue weighted by Crippen LogP contribution is 2.05. The molecular formula is C11H24N2O. The molecule has 0 spiro atoms. The topological polar surface area (TPSA) is 15.7 Å². The fourth-order valence-corrected chi connectivity index (χ4v) is 1.68. The molecule has 3 heteroatoms. The van der Waals surface area contributed by atoms with E-state index in [1.165, 1.54) is 25.9 Å². The van der Waals surface area contributed by atoms with Crippen LogP contribution >= 0.6 is 0 Å². The maximum Gasteiger partial charge on any atom is 0.0594 e. The van der Waals surface area contributed by atoms with Crippen molar-refractivity contribution < 1.29 is 4.74 Å². The molecule has 84 valence electrons. The highest BCUT2D eigenvalue weighted by Gasteiger charge is 2.10. The minimum atomic E-state index is 0.873. The standard InChI is InChI=1S/C11H24N2O/c1-3-12(2)8-10-14-11-9-13-6-4-5-7-13/h3-11H2,1-2H3. The van der Waals surface area contributed by atoms with Crippen LogP contribution in [-0.2, 0) is 4.74 Å². The Balaban J connectivity index is 1.84. The molecule has 0 radical (unpaired) electrons. The average Bonchev–Trinajstić information content (AvgIpc) is 2.69. The molecule has 1 aliphatic heterocycles. The van der Waals surface area contributed by atoms with Gasteiger partial charge in [0.1, 0.15) is 0 Å². The first kappa shape index (κ1) is 12.0. The van der Waals surface area contributed by atoms with Gasteiger partial charge in [-0.1, -0.05) is 6.92 Å². The Bertz CT molecular complexity index is 135. The van der Waals surface area contributed by atoms with Crippen LogP contribution in [0.2, 0.25) is 0 Å². The van der Waals surface area contributed by atoms with Crippen molar-refractivity contribution in [3.05, 3.63) is 0 Å². The maximum atomic E-state index is 5.58. The summed E-state index contributed by atoms with van der Waals surface area (Å²) in [6, 6.07) is 0. The van der Waals surface area contributed by atoms with Gasteiger partial charge < -0.3 is 14.5 Å². The number of rotatable bonds is 7. The number of likely N-dealkylation sites (tertiary alicyclic amines) is 1. The predicted octanol–water partition coefficient (Wildman–Crippen LogP) is 1.05. The Kier molecular flexibility index (Phi) is 6.15. The fraction of sp³-hybridized carbons (Fsp3) is 1.00. The predicted molar refractivity (Wildman–Crippen MR) is 59.7 cm³/mol. The molecule has 0 atom stereocenters. The SMILES string of the molecule is CCN(C)CCOCCN1CCCC1. The van der Waals surface area contributed by atoms with Gasteiger partial charge in [0, 0.05) is 13.1 Å². The lowest BCUT2D eigenvalue weighted by Gasteiger charge is -2.16. The van der Waals surface area contributed by atoms with Gasteiger partial charge in [-0.15, -0.1) is 0 Å². The van der Waals surface area contributed by atoms with E-state index in [-0.39, 0.29) is 0 Å². The zero-order valence-corrected chi connectivity index (χ0v) is 9.67. The van der Waals surface area contributed by atoms with Crippen molar-refractivity contribution in [2.24, 2.45) is 0 Å². The van der Waals surface area contributed by atoms with Crippen molar-refractivity contribution in [2.45, 2.75) is 19.8 Å². The zero-order chi connectivity index (χ0) is 10.2. The quantitative estimate of drug-likeness (QED) is 0.571. The number of nitrogens with zero attached hydrogens (tertiary/aromatic N) is 2. The second kappa shape index (κ2) is 7.21. The summed E-state index contributed by atoms with van der Waals surface area (Å²) < 4.78 is 5.58. The molecule has 0 N–H and O–H groups in total. The van der Waals surface area contributed by atoms with Gasteiger partial charge in [0.2, 0.25) is 0 Å². The lowest BCUT2D eigenvalue weighted by molar-refractivity contribution is 0.0949. The smallest absolute Gasteiger partial charge is 0.0594 e. The number of ether oxygens (including phenoxy) is 1. The number of likely N-dealkylation sites (N-methyl/N-ethyl adjacent to an activating group) is 1. The summed E-state index contributed by atoms with van der Waals surface area (Å²) in [7, 11) is 2.13. The van der Waals surface area contributed by atoms with E-state index in [9.17, 15) is 0 Å². The molecular weight excluding hydrogens is 176 g/mol. The summed E-state index contributed by atoms with van der Waals surface area (Å²) in [5.41, 5.74) is 0. The molecule has 0 aromatic carbocycles. The van der Waals surface area contributed by atoms with Crippen molar-refractivity contribution >= 4 is 0 Å². The summed E-state index contributed by atoms with van der Waals surface area (Å²) >= 11 is 0. The van der Waals surface area contributed by atoms with Crippen LogP contribution in [0.5, 0.6) is 0 Å². The Hall–Kier alpha value is -0.120. The van der Waals surface area contributed by atoms with E-state index in [2.05, 4.69) is 23.8 Å². The fourth-order valence-electron chi connectivity index (χ4n) is 1.68. The van der Waals surface area contributed by atoms with E-state index in [0.717, 1.165) is 32.8 Å². The summed E-state index contributed by atoms with van der Waals surface area (Å²) in [6.45, 7) is 9.78. The van der Waals surface area contributed by atoms with Gasteiger partial charge in [-0.25, -0.2) is 0 Å². The molecule has 0 amide bonds. The first-order chi connectivity index (χ1) is 6.83. The van der Waals surface area contributed by atoms with Crippen LogP contribution in [0.25, 0.3) is 0 Å². The lowest BCUT2D eigenvalue weighted by Crippen LogP contribution is -2.27. The van der Waals surface area contributed by atoms with E-state index in [0.29, 0.717) is 0 Å². The van der Waals surface area contributed by atoms with E-state index < -0.39 is 0 Å². The molecule has 1 fully saturated rings. The van der Waals surface area contributed by atoms with Crippen LogP contribution in [0.3, 0.4) is 0 Å². The van der Waals surface area contributed by atoms with Gasteiger partial charge in [0.05, 0.1) is 13.2 Å². The lowest BCUT2D eigenvalue weighted by atomic mass is 10.4. The summed E-state index contributed by atoms with van der Waals surface area (Å²) in [6.07, 6.45) is 2.75. The molecule has 0 aromatic heterocycles. The summed E-state index contributed by atoms with van der Waals surface area (Å²) in [5, 5.41) is 0. The third-order valence-corrected chi connectivity index (χ3v) is 2.91. The molecule has 0 aliphatic carbocycles. The van der Waals surface area contributed by atoms with Gasteiger partial charge in [0.15, 0.2) is 0 Å². The van der Waals surface area contributed by atoms with Crippen molar-refractivity contribution in [3.63, 3.8) is 0 Å². The summed E-state index contributed by atoms with van der Waals surface area (Å²) in [5.74, 6) is 0. The largest absolute Gasteiger partial charge is 0.379 e. The van der Waals surface area contributed by atoms with Crippen molar-refractivity contribution in [1.29, 1.82) is 0 Å². The monoisotopic (exact) mass is 200 g/mol. The molecule has 1 saturated heterocycles. The van der Waals surface area contributed by atoms with Crippen LogP contribution < -0.4 is 0 Å². The molecule has 1 heterocycles. The highest BCUT2D eigenvalue weighted by atomic mass is 16.5. The number of hydrogen-bond acceptors (Lipinski definition) is 3. The van der Waals surface area contributed by atoms with Gasteiger partial charge in [0.25, 0.3) is 0 Å². The molecule has 0 saturated carbocycles. The zero-order valence-electron chi connectivity index (χ0n) is 9.67. The molecule has 14 heavy (non-hydrogen) atoms. The minimum absolute atomic E-state index is 0.873. The molecule has 1 rings (SSSR count). The minimum Gasteiger partial charge on any atom is -0.379 e. The summed E-state index contributed by atoms with van der Waals surface area (Å²) in [4.78, 5) is 4.76. The van der Waals surface area contributed by atoms with Crippen LogP contribution in [0.1, 0.15) is 19.8 Å². The van der Waals surface area contributed by atoms with E-state index >= 15 is 0 Å². The van der Waals surface area contributed by atoms with E-state index in [1.54, 1.807) is 0 Å². The van der Waals surface area contributed by atoms with E-state index in [1.807, 2.05) is 0 Å². The Morgan fingerprint density at radius 1 is 1.21 bits per heavy atom. The van der Waals surface area contributed by atoms with Crippen LogP contribution in [-0.4, -0.2) is 62.8 Å². The van der Waals surface area contributed by atoms with Gasteiger partial charge in [-0.05, 0) is 39.5 Å². The molecule has 0 unspecified atom stereocenters.